The van der Waals surface area contributed by atoms with E-state index in [2.05, 4.69) is 22.6 Å². The lowest BCUT2D eigenvalue weighted by atomic mass is 9.96. The lowest BCUT2D eigenvalue weighted by Crippen LogP contribution is -2.49. The van der Waals surface area contributed by atoms with Gasteiger partial charge in [0, 0.05) is 3.57 Å². The van der Waals surface area contributed by atoms with E-state index in [1.54, 1.807) is 0 Å². The molecule has 1 saturated carbocycles. The van der Waals surface area contributed by atoms with Crippen LogP contribution in [0.15, 0.2) is 24.3 Å². The van der Waals surface area contributed by atoms with Crippen LogP contribution in [-0.2, 0) is 19.0 Å². The van der Waals surface area contributed by atoms with Gasteiger partial charge >= 0.3 is 5.97 Å². The largest absolute Gasteiger partial charge is 0.467 e. The molecule has 0 radical (unpaired) electrons. The zero-order chi connectivity index (χ0) is 14.9. The molecule has 0 unspecified atom stereocenters. The van der Waals surface area contributed by atoms with Crippen molar-refractivity contribution in [1.82, 2.24) is 0 Å². The van der Waals surface area contributed by atoms with Gasteiger partial charge in [-0.25, -0.2) is 4.79 Å². The summed E-state index contributed by atoms with van der Waals surface area (Å²) in [5.41, 5.74) is 0.771. The number of benzene rings is 1. The summed E-state index contributed by atoms with van der Waals surface area (Å²) in [5, 5.41) is 0. The number of hydrogen-bond donors (Lipinski definition) is 0. The highest BCUT2D eigenvalue weighted by molar-refractivity contribution is 14.1. The summed E-state index contributed by atoms with van der Waals surface area (Å²) < 4.78 is 18.3. The van der Waals surface area contributed by atoms with Crippen molar-refractivity contribution in [1.29, 1.82) is 0 Å². The third-order valence-corrected chi connectivity index (χ3v) is 5.32. The summed E-state index contributed by atoms with van der Waals surface area (Å²) in [6.45, 7) is 0.479. The van der Waals surface area contributed by atoms with E-state index in [-0.39, 0.29) is 11.6 Å². The molecule has 0 bridgehead atoms. The van der Waals surface area contributed by atoms with E-state index < -0.39 is 12.2 Å². The standard InChI is InChI=1S/C16H19IO4/c1-19-15(18)14-13(11-6-2-3-7-12(11)17)21-16(10-20-14)8-4-5-9-16/h2-3,6-7,13-14H,4-5,8-10H2,1H3/t13-,14+/m0/s1. The van der Waals surface area contributed by atoms with Gasteiger partial charge in [0.05, 0.1) is 19.3 Å². The SMILES string of the molecule is COC(=O)[C@@H]1OCC2(CCCC2)O[C@H]1c1ccccc1I. The van der Waals surface area contributed by atoms with Crippen molar-refractivity contribution in [2.45, 2.75) is 43.5 Å². The van der Waals surface area contributed by atoms with E-state index in [0.29, 0.717) is 6.61 Å². The first kappa shape index (κ1) is 15.2. The predicted molar refractivity (Wildman–Crippen MR) is 85.9 cm³/mol. The first-order chi connectivity index (χ1) is 10.2. The number of halogens is 1. The zero-order valence-corrected chi connectivity index (χ0v) is 14.2. The number of methoxy groups -OCH3 is 1. The molecule has 2 aliphatic rings. The molecule has 2 fully saturated rings. The fourth-order valence-electron chi connectivity index (χ4n) is 3.22. The second-order valence-corrected chi connectivity index (χ2v) is 6.87. The average Bonchev–Trinajstić information content (AvgIpc) is 2.95. The Hall–Kier alpha value is -0.660. The van der Waals surface area contributed by atoms with Gasteiger partial charge in [-0.3, -0.25) is 0 Å². The van der Waals surface area contributed by atoms with Crippen LogP contribution in [0.2, 0.25) is 0 Å². The molecule has 4 nitrogen and oxygen atoms in total. The van der Waals surface area contributed by atoms with Crippen molar-refractivity contribution in [3.8, 4) is 0 Å². The Morgan fingerprint density at radius 3 is 2.71 bits per heavy atom. The zero-order valence-electron chi connectivity index (χ0n) is 12.0. The maximum Gasteiger partial charge on any atom is 0.338 e. The normalized spacial score (nSPS) is 27.7. The summed E-state index contributed by atoms with van der Waals surface area (Å²) in [6.07, 6.45) is 3.24. The van der Waals surface area contributed by atoms with Gasteiger partial charge < -0.3 is 14.2 Å². The summed E-state index contributed by atoms with van der Waals surface area (Å²) in [4.78, 5) is 12.0. The molecule has 0 aromatic heterocycles. The van der Waals surface area contributed by atoms with Gasteiger partial charge in [-0.15, -0.1) is 0 Å². The molecule has 1 aliphatic heterocycles. The molecular formula is C16H19IO4. The van der Waals surface area contributed by atoms with Gasteiger partial charge in [-0.05, 0) is 47.1 Å². The molecule has 1 aromatic rings. The molecule has 21 heavy (non-hydrogen) atoms. The third kappa shape index (κ3) is 2.96. The quantitative estimate of drug-likeness (QED) is 0.563. The minimum atomic E-state index is -0.683. The monoisotopic (exact) mass is 402 g/mol. The van der Waals surface area contributed by atoms with Crippen molar-refractivity contribution in [2.24, 2.45) is 0 Å². The van der Waals surface area contributed by atoms with Crippen LogP contribution in [0.4, 0.5) is 0 Å². The maximum absolute atomic E-state index is 12.0. The van der Waals surface area contributed by atoms with Gasteiger partial charge in [0.25, 0.3) is 0 Å². The van der Waals surface area contributed by atoms with Gasteiger partial charge in [-0.1, -0.05) is 31.0 Å². The minimum Gasteiger partial charge on any atom is -0.467 e. The van der Waals surface area contributed by atoms with Crippen LogP contribution in [0, 0.1) is 3.57 Å². The van der Waals surface area contributed by atoms with E-state index in [1.165, 1.54) is 7.11 Å². The number of esters is 1. The molecule has 1 aliphatic carbocycles. The van der Waals surface area contributed by atoms with Gasteiger partial charge in [-0.2, -0.15) is 0 Å². The topological polar surface area (TPSA) is 44.8 Å². The number of hydrogen-bond acceptors (Lipinski definition) is 4. The molecule has 2 atom stereocenters. The highest BCUT2D eigenvalue weighted by Crippen LogP contribution is 2.44. The minimum absolute atomic E-state index is 0.228. The van der Waals surface area contributed by atoms with E-state index in [0.717, 1.165) is 34.8 Å². The molecule has 1 spiro atoms. The Kier molecular flexibility index (Phi) is 4.51. The number of carbonyl (C=O) groups is 1. The molecule has 3 rings (SSSR count). The molecule has 5 heteroatoms. The Morgan fingerprint density at radius 1 is 1.33 bits per heavy atom. The Bertz CT molecular complexity index is 525. The summed E-state index contributed by atoms with van der Waals surface area (Å²) in [6, 6.07) is 7.96. The number of rotatable bonds is 2. The molecule has 1 heterocycles. The van der Waals surface area contributed by atoms with Gasteiger partial charge in [0.15, 0.2) is 6.10 Å². The lowest BCUT2D eigenvalue weighted by molar-refractivity contribution is -0.237. The van der Waals surface area contributed by atoms with Crippen molar-refractivity contribution in [2.75, 3.05) is 13.7 Å². The van der Waals surface area contributed by atoms with Crippen LogP contribution in [0.1, 0.15) is 37.4 Å². The highest BCUT2D eigenvalue weighted by Gasteiger charge is 2.48. The summed E-state index contributed by atoms with van der Waals surface area (Å²) in [7, 11) is 1.39. The van der Waals surface area contributed by atoms with Gasteiger partial charge in [0.1, 0.15) is 6.10 Å². The van der Waals surface area contributed by atoms with E-state index in [4.69, 9.17) is 14.2 Å². The Balaban J connectivity index is 1.93. The highest BCUT2D eigenvalue weighted by atomic mass is 127. The molecule has 0 N–H and O–H groups in total. The molecular weight excluding hydrogens is 383 g/mol. The molecule has 1 saturated heterocycles. The average molecular weight is 402 g/mol. The van der Waals surface area contributed by atoms with Crippen LogP contribution < -0.4 is 0 Å². The van der Waals surface area contributed by atoms with E-state index in [1.807, 2.05) is 24.3 Å². The van der Waals surface area contributed by atoms with Crippen LogP contribution in [0.25, 0.3) is 0 Å². The summed E-state index contributed by atoms with van der Waals surface area (Å²) in [5.74, 6) is -0.368. The number of ether oxygens (including phenoxy) is 3. The van der Waals surface area contributed by atoms with Crippen LogP contribution in [0.3, 0.4) is 0 Å². The second kappa shape index (κ2) is 6.22. The fourth-order valence-corrected chi connectivity index (χ4v) is 3.91. The van der Waals surface area contributed by atoms with E-state index in [9.17, 15) is 4.79 Å². The first-order valence-electron chi connectivity index (χ1n) is 7.27. The Labute approximate surface area is 138 Å². The van der Waals surface area contributed by atoms with Crippen LogP contribution >= 0.6 is 22.6 Å². The van der Waals surface area contributed by atoms with Crippen molar-refractivity contribution in [3.63, 3.8) is 0 Å². The fraction of sp³-hybridized carbons (Fsp3) is 0.562. The molecule has 0 amide bonds. The smallest absolute Gasteiger partial charge is 0.338 e. The lowest BCUT2D eigenvalue weighted by Gasteiger charge is -2.42. The number of carbonyl (C=O) groups excluding carboxylic acids is 1. The second-order valence-electron chi connectivity index (χ2n) is 5.70. The van der Waals surface area contributed by atoms with Crippen molar-refractivity contribution in [3.05, 3.63) is 33.4 Å². The summed E-state index contributed by atoms with van der Waals surface area (Å²) >= 11 is 2.27. The third-order valence-electron chi connectivity index (χ3n) is 4.34. The Morgan fingerprint density at radius 2 is 2.05 bits per heavy atom. The maximum atomic E-state index is 12.0. The van der Waals surface area contributed by atoms with Crippen LogP contribution in [0.5, 0.6) is 0 Å². The van der Waals surface area contributed by atoms with Crippen LogP contribution in [-0.4, -0.2) is 31.4 Å². The molecule has 114 valence electrons. The molecule has 1 aromatic carbocycles. The first-order valence-corrected chi connectivity index (χ1v) is 8.35. The van der Waals surface area contributed by atoms with Gasteiger partial charge in [0.2, 0.25) is 0 Å². The van der Waals surface area contributed by atoms with E-state index >= 15 is 0 Å². The van der Waals surface area contributed by atoms with Crippen molar-refractivity contribution >= 4 is 28.6 Å². The van der Waals surface area contributed by atoms with Crippen molar-refractivity contribution < 1.29 is 19.0 Å². The predicted octanol–water partition coefficient (Wildman–Crippen LogP) is 3.23.